The fraction of sp³-hybridized carbons (Fsp3) is 0.111. The van der Waals surface area contributed by atoms with Crippen LogP contribution in [0.4, 0.5) is 4.39 Å². The van der Waals surface area contributed by atoms with E-state index >= 15 is 0 Å². The van der Waals surface area contributed by atoms with Gasteiger partial charge >= 0.3 is 5.97 Å². The molecular weight excluding hydrogens is 391 g/mol. The van der Waals surface area contributed by atoms with E-state index in [1.807, 2.05) is 12.1 Å². The molecule has 0 bridgehead atoms. The average Bonchev–Trinajstić information content (AvgIpc) is 3.14. The van der Waals surface area contributed by atoms with Crippen molar-refractivity contribution >= 4 is 29.3 Å². The number of aromatic nitrogens is 4. The molecule has 6 nitrogen and oxygen atoms in total. The molecular formula is C18H12ClFN4O2S. The number of nitrogens with zero attached hydrogens (tertiary/aromatic N) is 4. The molecule has 3 aromatic rings. The summed E-state index contributed by atoms with van der Waals surface area (Å²) >= 11 is 7.22. The van der Waals surface area contributed by atoms with Gasteiger partial charge in [-0.15, -0.1) is 5.10 Å². The van der Waals surface area contributed by atoms with E-state index in [9.17, 15) is 9.18 Å². The quantitative estimate of drug-likeness (QED) is 0.370. The Labute approximate surface area is 163 Å². The number of tetrazole rings is 1. The minimum Gasteiger partial charge on any atom is -0.449 e. The van der Waals surface area contributed by atoms with E-state index in [1.165, 1.54) is 36.0 Å². The minimum atomic E-state index is -0.552. The largest absolute Gasteiger partial charge is 0.449 e. The summed E-state index contributed by atoms with van der Waals surface area (Å²) in [6.07, 6.45) is 0. The summed E-state index contributed by atoms with van der Waals surface area (Å²) in [7, 11) is 0. The monoisotopic (exact) mass is 402 g/mol. The topological polar surface area (TPSA) is 69.9 Å². The second kappa shape index (κ2) is 9.16. The third kappa shape index (κ3) is 5.29. The first kappa shape index (κ1) is 18.9. The van der Waals surface area contributed by atoms with Crippen molar-refractivity contribution in [1.82, 2.24) is 20.2 Å². The molecule has 0 amide bonds. The SMILES string of the molecule is O=C(OCC#CCSc1nnnn1-c1ccc(Cl)cc1)c1ccc(F)cc1. The molecule has 0 unspecified atom stereocenters. The fourth-order valence-corrected chi connectivity index (χ4v) is 2.77. The van der Waals surface area contributed by atoms with Crippen LogP contribution in [0.15, 0.2) is 53.7 Å². The van der Waals surface area contributed by atoms with Gasteiger partial charge in [-0.1, -0.05) is 35.2 Å². The van der Waals surface area contributed by atoms with E-state index in [2.05, 4.69) is 27.4 Å². The van der Waals surface area contributed by atoms with Crippen LogP contribution in [-0.2, 0) is 4.74 Å². The number of ether oxygens (including phenoxy) is 1. The molecule has 0 saturated heterocycles. The predicted octanol–water partition coefficient (Wildman–Crippen LogP) is 3.41. The third-order valence-electron chi connectivity index (χ3n) is 3.27. The number of carbonyl (C=O) groups excluding carboxylic acids is 1. The molecule has 0 saturated carbocycles. The van der Waals surface area contributed by atoms with Gasteiger partial charge < -0.3 is 4.74 Å². The zero-order valence-electron chi connectivity index (χ0n) is 13.8. The summed E-state index contributed by atoms with van der Waals surface area (Å²) in [5, 5.41) is 12.8. The van der Waals surface area contributed by atoms with Crippen molar-refractivity contribution in [3.63, 3.8) is 0 Å². The molecule has 27 heavy (non-hydrogen) atoms. The number of hydrogen-bond donors (Lipinski definition) is 0. The van der Waals surface area contributed by atoms with Crippen LogP contribution in [-0.4, -0.2) is 38.5 Å². The number of halogens is 2. The van der Waals surface area contributed by atoms with E-state index in [0.29, 0.717) is 15.9 Å². The van der Waals surface area contributed by atoms with Crippen molar-refractivity contribution in [2.75, 3.05) is 12.4 Å². The van der Waals surface area contributed by atoms with Crippen molar-refractivity contribution in [1.29, 1.82) is 0 Å². The second-order valence-corrected chi connectivity index (χ2v) is 6.45. The van der Waals surface area contributed by atoms with Crippen LogP contribution in [0.3, 0.4) is 0 Å². The predicted molar refractivity (Wildman–Crippen MR) is 99.3 cm³/mol. The van der Waals surface area contributed by atoms with Crippen LogP contribution in [0.5, 0.6) is 0 Å². The Kier molecular flexibility index (Phi) is 6.41. The van der Waals surface area contributed by atoms with Crippen molar-refractivity contribution in [3.8, 4) is 17.5 Å². The standard InChI is InChI=1S/C18H12ClFN4O2S/c19-14-5-9-16(10-6-14)24-18(21-22-23-24)27-12-2-1-11-26-17(25)13-3-7-15(20)8-4-13/h3-10H,11-12H2. The first-order valence-electron chi connectivity index (χ1n) is 7.69. The molecule has 9 heteroatoms. The molecule has 0 N–H and O–H groups in total. The van der Waals surface area contributed by atoms with Gasteiger partial charge in [0.2, 0.25) is 5.16 Å². The summed E-state index contributed by atoms with van der Waals surface area (Å²) in [4.78, 5) is 11.7. The number of rotatable bonds is 5. The van der Waals surface area contributed by atoms with Crippen LogP contribution < -0.4 is 0 Å². The van der Waals surface area contributed by atoms with Crippen LogP contribution >= 0.6 is 23.4 Å². The van der Waals surface area contributed by atoms with Crippen molar-refractivity contribution < 1.29 is 13.9 Å². The lowest BCUT2D eigenvalue weighted by Crippen LogP contribution is -2.05. The van der Waals surface area contributed by atoms with Gasteiger partial charge in [0, 0.05) is 5.02 Å². The first-order valence-corrected chi connectivity index (χ1v) is 9.05. The summed E-state index contributed by atoms with van der Waals surface area (Å²) in [5.74, 6) is 5.07. The van der Waals surface area contributed by atoms with Gasteiger partial charge in [-0.25, -0.2) is 9.18 Å². The normalized spacial score (nSPS) is 10.1. The van der Waals surface area contributed by atoms with Crippen LogP contribution in [0, 0.1) is 17.7 Å². The van der Waals surface area contributed by atoms with Crippen LogP contribution in [0.1, 0.15) is 10.4 Å². The molecule has 0 aliphatic heterocycles. The van der Waals surface area contributed by atoms with Crippen LogP contribution in [0.25, 0.3) is 5.69 Å². The van der Waals surface area contributed by atoms with Crippen molar-refractivity contribution in [2.24, 2.45) is 0 Å². The van der Waals surface area contributed by atoms with Crippen molar-refractivity contribution in [3.05, 3.63) is 64.9 Å². The Morgan fingerprint density at radius 3 is 2.63 bits per heavy atom. The van der Waals surface area contributed by atoms with Gasteiger partial charge in [0.1, 0.15) is 5.82 Å². The molecule has 1 heterocycles. The molecule has 3 rings (SSSR count). The highest BCUT2D eigenvalue weighted by Crippen LogP contribution is 2.19. The molecule has 0 aliphatic carbocycles. The molecule has 1 aromatic heterocycles. The van der Waals surface area contributed by atoms with Gasteiger partial charge in [0.25, 0.3) is 0 Å². The summed E-state index contributed by atoms with van der Waals surface area (Å²) < 4.78 is 19.4. The highest BCUT2D eigenvalue weighted by atomic mass is 35.5. The number of thioether (sulfide) groups is 1. The lowest BCUT2D eigenvalue weighted by molar-refractivity contribution is 0.0556. The number of carbonyl (C=O) groups is 1. The number of esters is 1. The Hall–Kier alpha value is -2.89. The number of hydrogen-bond acceptors (Lipinski definition) is 6. The van der Waals surface area contributed by atoms with Gasteiger partial charge in [-0.2, -0.15) is 4.68 Å². The molecule has 136 valence electrons. The molecule has 2 aromatic carbocycles. The smallest absolute Gasteiger partial charge is 0.339 e. The molecule has 0 fully saturated rings. The highest BCUT2D eigenvalue weighted by molar-refractivity contribution is 7.99. The van der Waals surface area contributed by atoms with E-state index in [4.69, 9.17) is 16.3 Å². The average molecular weight is 403 g/mol. The van der Waals surface area contributed by atoms with Gasteiger partial charge in [-0.3, -0.25) is 0 Å². The molecule has 0 radical (unpaired) electrons. The summed E-state index contributed by atoms with van der Waals surface area (Å²) in [6.45, 7) is -0.0567. The Morgan fingerprint density at radius 2 is 1.89 bits per heavy atom. The maximum atomic E-state index is 12.8. The Bertz CT molecular complexity index is 981. The zero-order valence-corrected chi connectivity index (χ0v) is 15.4. The van der Waals surface area contributed by atoms with E-state index < -0.39 is 11.8 Å². The Morgan fingerprint density at radius 1 is 1.15 bits per heavy atom. The molecule has 0 spiro atoms. The zero-order chi connectivity index (χ0) is 19.1. The van der Waals surface area contributed by atoms with E-state index in [1.54, 1.807) is 16.8 Å². The maximum absolute atomic E-state index is 12.8. The summed E-state index contributed by atoms with van der Waals surface area (Å²) in [6, 6.07) is 12.2. The van der Waals surface area contributed by atoms with Gasteiger partial charge in [0.05, 0.1) is 17.0 Å². The fourth-order valence-electron chi connectivity index (χ4n) is 1.99. The molecule has 0 atom stereocenters. The van der Waals surface area contributed by atoms with Crippen molar-refractivity contribution in [2.45, 2.75) is 5.16 Å². The first-order chi connectivity index (χ1) is 13.1. The highest BCUT2D eigenvalue weighted by Gasteiger charge is 2.08. The van der Waals surface area contributed by atoms with E-state index in [-0.39, 0.29) is 12.2 Å². The summed E-state index contributed by atoms with van der Waals surface area (Å²) in [5.41, 5.74) is 1.06. The number of benzene rings is 2. The Balaban J connectivity index is 1.49. The van der Waals surface area contributed by atoms with Gasteiger partial charge in [0.15, 0.2) is 6.61 Å². The second-order valence-electron chi connectivity index (χ2n) is 5.07. The van der Waals surface area contributed by atoms with Crippen LogP contribution in [0.2, 0.25) is 5.02 Å². The van der Waals surface area contributed by atoms with Gasteiger partial charge in [-0.05, 0) is 59.0 Å². The maximum Gasteiger partial charge on any atom is 0.339 e. The third-order valence-corrected chi connectivity index (χ3v) is 4.32. The van der Waals surface area contributed by atoms with E-state index in [0.717, 1.165) is 5.69 Å². The minimum absolute atomic E-state index is 0.0567. The lowest BCUT2D eigenvalue weighted by Gasteiger charge is -2.02. The lowest BCUT2D eigenvalue weighted by atomic mass is 10.2. The molecule has 0 aliphatic rings.